The third kappa shape index (κ3) is 2.91. The second-order valence-corrected chi connectivity index (χ2v) is 5.31. The number of amides is 1. The van der Waals surface area contributed by atoms with Gasteiger partial charge in [-0.1, -0.05) is 29.8 Å². The number of rotatable bonds is 3. The Balaban J connectivity index is 2.07. The molecule has 0 unspecified atom stereocenters. The van der Waals surface area contributed by atoms with Gasteiger partial charge in [-0.25, -0.2) is 4.79 Å². The van der Waals surface area contributed by atoms with E-state index < -0.39 is 5.97 Å². The van der Waals surface area contributed by atoms with E-state index in [1.165, 1.54) is 7.11 Å². The summed E-state index contributed by atoms with van der Waals surface area (Å²) in [6.45, 7) is 0. The molecule has 3 rings (SSSR count). The largest absolute Gasteiger partial charge is 0.464 e. The van der Waals surface area contributed by atoms with Crippen LogP contribution in [0.3, 0.4) is 0 Å². The maximum absolute atomic E-state index is 12.4. The summed E-state index contributed by atoms with van der Waals surface area (Å²) in [5.74, 6) is -0.882. The summed E-state index contributed by atoms with van der Waals surface area (Å²) in [5.41, 5.74) is 1.68. The molecule has 0 aliphatic heterocycles. The van der Waals surface area contributed by atoms with Crippen LogP contribution in [0.5, 0.6) is 0 Å². The zero-order valence-corrected chi connectivity index (χ0v) is 13.0. The van der Waals surface area contributed by atoms with Crippen LogP contribution in [0.2, 0.25) is 5.02 Å². The molecule has 1 aromatic heterocycles. The Hall–Kier alpha value is -2.79. The van der Waals surface area contributed by atoms with Crippen molar-refractivity contribution >= 4 is 40.1 Å². The number of halogens is 1. The van der Waals surface area contributed by atoms with Crippen LogP contribution in [0.25, 0.3) is 10.9 Å². The summed E-state index contributed by atoms with van der Waals surface area (Å²) < 4.78 is 4.77. The highest BCUT2D eigenvalue weighted by Crippen LogP contribution is 2.30. The average Bonchev–Trinajstić information content (AvgIpc) is 2.92. The van der Waals surface area contributed by atoms with Gasteiger partial charge in [0.25, 0.3) is 5.91 Å². The second kappa shape index (κ2) is 6.14. The molecule has 0 radical (unpaired) electrons. The van der Waals surface area contributed by atoms with Gasteiger partial charge in [-0.3, -0.25) is 4.79 Å². The lowest BCUT2D eigenvalue weighted by molar-refractivity contribution is 0.0596. The number of fused-ring (bicyclic) bond motifs is 1. The third-order valence-electron chi connectivity index (χ3n) is 3.42. The van der Waals surface area contributed by atoms with E-state index in [4.69, 9.17) is 16.3 Å². The van der Waals surface area contributed by atoms with Crippen molar-refractivity contribution in [2.24, 2.45) is 0 Å². The minimum atomic E-state index is -0.569. The first-order valence-electron chi connectivity index (χ1n) is 6.86. The molecule has 3 aromatic rings. The van der Waals surface area contributed by atoms with E-state index in [1.54, 1.807) is 42.5 Å². The van der Waals surface area contributed by atoms with Crippen molar-refractivity contribution in [1.82, 2.24) is 4.98 Å². The number of benzene rings is 2. The average molecular weight is 329 g/mol. The van der Waals surface area contributed by atoms with Crippen LogP contribution in [0.1, 0.15) is 20.8 Å². The lowest BCUT2D eigenvalue weighted by Crippen LogP contribution is -2.14. The van der Waals surface area contributed by atoms with Gasteiger partial charge in [0.05, 0.1) is 12.8 Å². The topological polar surface area (TPSA) is 71.2 Å². The fraction of sp³-hybridized carbons (Fsp3) is 0.0588. The van der Waals surface area contributed by atoms with Gasteiger partial charge in [0.1, 0.15) is 5.69 Å². The molecule has 2 aromatic carbocycles. The van der Waals surface area contributed by atoms with Crippen molar-refractivity contribution in [2.75, 3.05) is 12.4 Å². The molecule has 2 N–H and O–H groups in total. The van der Waals surface area contributed by atoms with E-state index >= 15 is 0 Å². The zero-order valence-electron chi connectivity index (χ0n) is 12.2. The fourth-order valence-corrected chi connectivity index (χ4v) is 2.50. The zero-order chi connectivity index (χ0) is 16.4. The molecule has 0 aliphatic carbocycles. The van der Waals surface area contributed by atoms with Crippen LogP contribution in [0.4, 0.5) is 5.69 Å². The molecule has 1 amide bonds. The monoisotopic (exact) mass is 328 g/mol. The number of carbonyl (C=O) groups excluding carboxylic acids is 2. The molecule has 5 nitrogen and oxygen atoms in total. The predicted octanol–water partition coefficient (Wildman–Crippen LogP) is 3.86. The molecule has 0 fully saturated rings. The number of anilines is 1. The SMILES string of the molecule is COC(=O)c1[nH]c2cc(Cl)ccc2c1NC(=O)c1ccccc1. The van der Waals surface area contributed by atoms with Crippen molar-refractivity contribution in [3.8, 4) is 0 Å². The quantitative estimate of drug-likeness (QED) is 0.717. The van der Waals surface area contributed by atoms with Gasteiger partial charge in [-0.2, -0.15) is 0 Å². The Morgan fingerprint density at radius 2 is 1.87 bits per heavy atom. The van der Waals surface area contributed by atoms with Crippen molar-refractivity contribution in [2.45, 2.75) is 0 Å². The standard InChI is InChI=1S/C17H13ClN2O3/c1-23-17(22)15-14(12-8-7-11(18)9-13(12)19-15)20-16(21)10-5-3-2-4-6-10/h2-9,19H,1H3,(H,20,21). The molecule has 116 valence electrons. The molecule has 23 heavy (non-hydrogen) atoms. The summed E-state index contributed by atoms with van der Waals surface area (Å²) in [5, 5.41) is 3.97. The Kier molecular flexibility index (Phi) is 4.04. The molecule has 0 aliphatic rings. The summed E-state index contributed by atoms with van der Waals surface area (Å²) >= 11 is 5.97. The van der Waals surface area contributed by atoms with Gasteiger partial charge >= 0.3 is 5.97 Å². The smallest absolute Gasteiger partial charge is 0.356 e. The van der Waals surface area contributed by atoms with Crippen molar-refractivity contribution in [3.05, 3.63) is 64.8 Å². The van der Waals surface area contributed by atoms with E-state index in [-0.39, 0.29) is 11.6 Å². The molecule has 0 saturated carbocycles. The van der Waals surface area contributed by atoms with E-state index in [0.29, 0.717) is 27.2 Å². The number of aromatic nitrogens is 1. The van der Waals surface area contributed by atoms with Crippen LogP contribution in [-0.2, 0) is 4.74 Å². The van der Waals surface area contributed by atoms with E-state index in [9.17, 15) is 9.59 Å². The molecular formula is C17H13ClN2O3. The minimum Gasteiger partial charge on any atom is -0.464 e. The normalized spacial score (nSPS) is 10.5. The first-order chi connectivity index (χ1) is 11.1. The first kappa shape index (κ1) is 15.1. The van der Waals surface area contributed by atoms with Gasteiger partial charge in [0, 0.05) is 21.5 Å². The number of H-pyrrole nitrogens is 1. The number of aromatic amines is 1. The number of ether oxygens (including phenoxy) is 1. The Labute approximate surface area is 137 Å². The second-order valence-electron chi connectivity index (χ2n) is 4.88. The molecule has 0 spiro atoms. The molecule has 6 heteroatoms. The Bertz CT molecular complexity index is 887. The first-order valence-corrected chi connectivity index (χ1v) is 7.24. The fourth-order valence-electron chi connectivity index (χ4n) is 2.33. The molecule has 0 bridgehead atoms. The van der Waals surface area contributed by atoms with Crippen molar-refractivity contribution in [1.29, 1.82) is 0 Å². The lowest BCUT2D eigenvalue weighted by atomic mass is 10.2. The number of nitrogens with one attached hydrogen (secondary N) is 2. The lowest BCUT2D eigenvalue weighted by Gasteiger charge is -2.06. The van der Waals surface area contributed by atoms with Crippen molar-refractivity contribution < 1.29 is 14.3 Å². The summed E-state index contributed by atoms with van der Waals surface area (Å²) in [6, 6.07) is 13.9. The van der Waals surface area contributed by atoms with E-state index in [1.807, 2.05) is 6.07 Å². The predicted molar refractivity (Wildman–Crippen MR) is 89.0 cm³/mol. The summed E-state index contributed by atoms with van der Waals surface area (Å²) in [6.07, 6.45) is 0. The van der Waals surface area contributed by atoms with Gasteiger partial charge < -0.3 is 15.0 Å². The Morgan fingerprint density at radius 3 is 2.57 bits per heavy atom. The van der Waals surface area contributed by atoms with Crippen LogP contribution < -0.4 is 5.32 Å². The third-order valence-corrected chi connectivity index (χ3v) is 3.66. The van der Waals surface area contributed by atoms with Gasteiger partial charge in [-0.05, 0) is 30.3 Å². The molecule has 0 atom stereocenters. The molecule has 0 saturated heterocycles. The maximum Gasteiger partial charge on any atom is 0.356 e. The van der Waals surface area contributed by atoms with Crippen LogP contribution >= 0.6 is 11.6 Å². The molecular weight excluding hydrogens is 316 g/mol. The van der Waals surface area contributed by atoms with Crippen LogP contribution in [0, 0.1) is 0 Å². The number of methoxy groups -OCH3 is 1. The van der Waals surface area contributed by atoms with Crippen LogP contribution in [-0.4, -0.2) is 24.0 Å². The number of hydrogen-bond donors (Lipinski definition) is 2. The highest BCUT2D eigenvalue weighted by molar-refractivity contribution is 6.31. The number of carbonyl (C=O) groups is 2. The highest BCUT2D eigenvalue weighted by Gasteiger charge is 2.20. The molecule has 1 heterocycles. The number of esters is 1. The maximum atomic E-state index is 12.4. The number of hydrogen-bond acceptors (Lipinski definition) is 3. The summed E-state index contributed by atoms with van der Waals surface area (Å²) in [4.78, 5) is 27.3. The van der Waals surface area contributed by atoms with Gasteiger partial charge in [0.15, 0.2) is 0 Å². The summed E-state index contributed by atoms with van der Waals surface area (Å²) in [7, 11) is 1.28. The minimum absolute atomic E-state index is 0.175. The van der Waals surface area contributed by atoms with Gasteiger partial charge in [0.2, 0.25) is 0 Å². The van der Waals surface area contributed by atoms with E-state index in [2.05, 4.69) is 10.3 Å². The van der Waals surface area contributed by atoms with E-state index in [0.717, 1.165) is 0 Å². The Morgan fingerprint density at radius 1 is 1.13 bits per heavy atom. The van der Waals surface area contributed by atoms with Crippen LogP contribution in [0.15, 0.2) is 48.5 Å². The highest BCUT2D eigenvalue weighted by atomic mass is 35.5. The van der Waals surface area contributed by atoms with Gasteiger partial charge in [-0.15, -0.1) is 0 Å². The van der Waals surface area contributed by atoms with Crippen molar-refractivity contribution in [3.63, 3.8) is 0 Å².